The third-order valence-corrected chi connectivity index (χ3v) is 3.20. The predicted octanol–water partition coefficient (Wildman–Crippen LogP) is 3.47. The first kappa shape index (κ1) is 15.9. The van der Waals surface area contributed by atoms with E-state index in [1.165, 1.54) is 31.7 Å². The van der Waals surface area contributed by atoms with Crippen molar-refractivity contribution >= 4 is 17.5 Å². The number of nitrogens with one attached hydrogen (secondary N) is 1. The van der Waals surface area contributed by atoms with Crippen LogP contribution in [0, 0.1) is 5.41 Å². The first-order valence-electron chi connectivity index (χ1n) is 6.70. The number of nitrogens with zero attached hydrogens (tertiary/aromatic N) is 2. The van der Waals surface area contributed by atoms with Gasteiger partial charge in [-0.3, -0.25) is 9.78 Å². The van der Waals surface area contributed by atoms with Gasteiger partial charge in [-0.25, -0.2) is 4.98 Å². The summed E-state index contributed by atoms with van der Waals surface area (Å²) >= 11 is 5.71. The summed E-state index contributed by atoms with van der Waals surface area (Å²) in [7, 11) is 0. The van der Waals surface area contributed by atoms with Crippen molar-refractivity contribution in [2.24, 2.45) is 5.41 Å². The van der Waals surface area contributed by atoms with Crippen LogP contribution in [0.1, 0.15) is 56.9 Å². The molecule has 1 aromatic rings. The lowest BCUT2D eigenvalue weighted by Gasteiger charge is -2.24. The van der Waals surface area contributed by atoms with Gasteiger partial charge in [0.15, 0.2) is 0 Å². The Labute approximate surface area is 120 Å². The van der Waals surface area contributed by atoms with E-state index in [0.717, 1.165) is 6.42 Å². The Kier molecular flexibility index (Phi) is 6.22. The molecule has 1 aromatic heterocycles. The molecule has 1 rings (SSSR count). The molecule has 0 radical (unpaired) electrons. The van der Waals surface area contributed by atoms with Crippen LogP contribution in [0.4, 0.5) is 0 Å². The standard InChI is InChI=1S/C14H22ClN3O/c1-4-5-6-7-14(2,3)10-17-13(19)11-8-16-9-12(15)18-11/h8-9H,4-7,10H2,1-3H3,(H,17,19). The number of hydrogen-bond acceptors (Lipinski definition) is 3. The lowest BCUT2D eigenvalue weighted by atomic mass is 9.87. The maximum atomic E-state index is 11.9. The highest BCUT2D eigenvalue weighted by atomic mass is 35.5. The fourth-order valence-electron chi connectivity index (χ4n) is 1.80. The van der Waals surface area contributed by atoms with Crippen molar-refractivity contribution in [2.75, 3.05) is 6.54 Å². The van der Waals surface area contributed by atoms with E-state index in [2.05, 4.69) is 36.1 Å². The molecule has 0 aromatic carbocycles. The molecule has 1 amide bonds. The lowest BCUT2D eigenvalue weighted by Crippen LogP contribution is -2.34. The van der Waals surface area contributed by atoms with E-state index < -0.39 is 0 Å². The van der Waals surface area contributed by atoms with Crippen molar-refractivity contribution in [3.63, 3.8) is 0 Å². The fraction of sp³-hybridized carbons (Fsp3) is 0.643. The van der Waals surface area contributed by atoms with Gasteiger partial charge in [0.05, 0.1) is 12.4 Å². The molecule has 1 N–H and O–H groups in total. The number of rotatable bonds is 7. The van der Waals surface area contributed by atoms with Crippen molar-refractivity contribution in [1.29, 1.82) is 0 Å². The lowest BCUT2D eigenvalue weighted by molar-refractivity contribution is 0.0928. The smallest absolute Gasteiger partial charge is 0.271 e. The monoisotopic (exact) mass is 283 g/mol. The van der Waals surface area contributed by atoms with E-state index in [-0.39, 0.29) is 22.2 Å². The van der Waals surface area contributed by atoms with Crippen molar-refractivity contribution in [3.8, 4) is 0 Å². The number of halogens is 1. The van der Waals surface area contributed by atoms with Crippen LogP contribution in [0.15, 0.2) is 12.4 Å². The minimum atomic E-state index is -0.224. The maximum absolute atomic E-state index is 11.9. The Bertz CT molecular complexity index is 421. The van der Waals surface area contributed by atoms with Crippen LogP contribution in [-0.2, 0) is 0 Å². The number of carbonyl (C=O) groups is 1. The quantitative estimate of drug-likeness (QED) is 0.780. The average Bonchev–Trinajstić information content (AvgIpc) is 2.36. The average molecular weight is 284 g/mol. The second-order valence-electron chi connectivity index (χ2n) is 5.53. The molecule has 0 aliphatic heterocycles. The van der Waals surface area contributed by atoms with E-state index in [0.29, 0.717) is 6.54 Å². The van der Waals surface area contributed by atoms with E-state index in [1.807, 2.05) is 0 Å². The first-order chi connectivity index (χ1) is 8.94. The Hall–Kier alpha value is -1.16. The number of amides is 1. The van der Waals surface area contributed by atoms with Gasteiger partial charge in [0, 0.05) is 6.54 Å². The van der Waals surface area contributed by atoms with Gasteiger partial charge in [-0.2, -0.15) is 0 Å². The minimum absolute atomic E-state index is 0.0941. The molecular formula is C14H22ClN3O. The Morgan fingerprint density at radius 3 is 2.74 bits per heavy atom. The van der Waals surface area contributed by atoms with E-state index >= 15 is 0 Å². The molecule has 0 bridgehead atoms. The number of aromatic nitrogens is 2. The van der Waals surface area contributed by atoms with Crippen molar-refractivity contribution in [2.45, 2.75) is 46.5 Å². The van der Waals surface area contributed by atoms with Gasteiger partial charge < -0.3 is 5.32 Å². The van der Waals surface area contributed by atoms with Crippen LogP contribution >= 0.6 is 11.6 Å². The van der Waals surface area contributed by atoms with Crippen LogP contribution in [0.2, 0.25) is 5.15 Å². The summed E-state index contributed by atoms with van der Waals surface area (Å²) in [6.07, 6.45) is 7.56. The van der Waals surface area contributed by atoms with Crippen molar-refractivity contribution in [3.05, 3.63) is 23.2 Å². The summed E-state index contributed by atoms with van der Waals surface area (Å²) in [5.41, 5.74) is 0.355. The molecule has 0 fully saturated rings. The molecule has 0 atom stereocenters. The summed E-state index contributed by atoms with van der Waals surface area (Å²) in [5, 5.41) is 3.12. The van der Waals surface area contributed by atoms with Gasteiger partial charge in [-0.1, -0.05) is 51.6 Å². The van der Waals surface area contributed by atoms with Gasteiger partial charge in [0.1, 0.15) is 10.8 Å². The largest absolute Gasteiger partial charge is 0.350 e. The summed E-state index contributed by atoms with van der Waals surface area (Å²) < 4.78 is 0. The Morgan fingerprint density at radius 1 is 1.37 bits per heavy atom. The van der Waals surface area contributed by atoms with Gasteiger partial charge >= 0.3 is 0 Å². The zero-order valence-electron chi connectivity index (χ0n) is 11.9. The van der Waals surface area contributed by atoms with Gasteiger partial charge in [-0.15, -0.1) is 0 Å². The summed E-state index contributed by atoms with van der Waals surface area (Å²) in [6.45, 7) is 7.13. The van der Waals surface area contributed by atoms with Gasteiger partial charge in [0.25, 0.3) is 5.91 Å². The van der Waals surface area contributed by atoms with Crippen LogP contribution in [-0.4, -0.2) is 22.4 Å². The SMILES string of the molecule is CCCCCC(C)(C)CNC(=O)c1cncc(Cl)n1. The molecule has 0 saturated heterocycles. The van der Waals surface area contributed by atoms with Crippen LogP contribution in [0.5, 0.6) is 0 Å². The molecule has 5 heteroatoms. The van der Waals surface area contributed by atoms with Gasteiger partial charge in [0.2, 0.25) is 0 Å². The van der Waals surface area contributed by atoms with E-state index in [1.54, 1.807) is 0 Å². The first-order valence-corrected chi connectivity index (χ1v) is 7.08. The van der Waals surface area contributed by atoms with E-state index in [4.69, 9.17) is 11.6 Å². The maximum Gasteiger partial charge on any atom is 0.271 e. The molecule has 0 spiro atoms. The third kappa shape index (κ3) is 6.01. The fourth-order valence-corrected chi connectivity index (χ4v) is 1.95. The molecule has 106 valence electrons. The highest BCUT2D eigenvalue weighted by molar-refractivity contribution is 6.29. The molecule has 0 aliphatic carbocycles. The number of unbranched alkanes of at least 4 members (excludes halogenated alkanes) is 2. The highest BCUT2D eigenvalue weighted by Crippen LogP contribution is 2.22. The zero-order valence-corrected chi connectivity index (χ0v) is 12.6. The predicted molar refractivity (Wildman–Crippen MR) is 77.3 cm³/mol. The molecule has 4 nitrogen and oxygen atoms in total. The molecule has 1 heterocycles. The summed E-state index contributed by atoms with van der Waals surface area (Å²) in [6, 6.07) is 0. The van der Waals surface area contributed by atoms with Crippen molar-refractivity contribution in [1.82, 2.24) is 15.3 Å². The molecule has 0 aliphatic rings. The zero-order chi connectivity index (χ0) is 14.3. The highest BCUT2D eigenvalue weighted by Gasteiger charge is 2.19. The van der Waals surface area contributed by atoms with Crippen LogP contribution in [0.25, 0.3) is 0 Å². The second-order valence-corrected chi connectivity index (χ2v) is 5.92. The normalized spacial score (nSPS) is 11.4. The van der Waals surface area contributed by atoms with Crippen LogP contribution in [0.3, 0.4) is 0 Å². The molecule has 19 heavy (non-hydrogen) atoms. The third-order valence-electron chi connectivity index (χ3n) is 3.02. The second kappa shape index (κ2) is 7.43. The molecule has 0 unspecified atom stereocenters. The number of carbonyl (C=O) groups excluding carboxylic acids is 1. The number of hydrogen-bond donors (Lipinski definition) is 1. The molecule has 0 saturated carbocycles. The Balaban J connectivity index is 2.45. The summed E-state index contributed by atoms with van der Waals surface area (Å²) in [5.74, 6) is -0.224. The van der Waals surface area contributed by atoms with Crippen molar-refractivity contribution < 1.29 is 4.79 Å². The molecular weight excluding hydrogens is 262 g/mol. The summed E-state index contributed by atoms with van der Waals surface area (Å²) in [4.78, 5) is 19.7. The Morgan fingerprint density at radius 2 is 2.11 bits per heavy atom. The minimum Gasteiger partial charge on any atom is -0.350 e. The van der Waals surface area contributed by atoms with Gasteiger partial charge in [-0.05, 0) is 11.8 Å². The van der Waals surface area contributed by atoms with Crippen LogP contribution < -0.4 is 5.32 Å². The van der Waals surface area contributed by atoms with E-state index in [9.17, 15) is 4.79 Å². The topological polar surface area (TPSA) is 54.9 Å².